The summed E-state index contributed by atoms with van der Waals surface area (Å²) in [4.78, 5) is 0. The van der Waals surface area contributed by atoms with Crippen LogP contribution in [0.25, 0.3) is 0 Å². The molecule has 0 fully saturated rings. The van der Waals surface area contributed by atoms with Gasteiger partial charge in [-0.25, -0.2) is 0 Å². The summed E-state index contributed by atoms with van der Waals surface area (Å²) in [6.07, 6.45) is 0.741. The van der Waals surface area contributed by atoms with E-state index in [1.807, 2.05) is 48.5 Å². The van der Waals surface area contributed by atoms with Gasteiger partial charge in [0.15, 0.2) is 11.5 Å². The third kappa shape index (κ3) is 4.21. The first kappa shape index (κ1) is 15.4. The van der Waals surface area contributed by atoms with Crippen LogP contribution in [0.15, 0.2) is 48.5 Å². The summed E-state index contributed by atoms with van der Waals surface area (Å²) in [5, 5.41) is 0. The Morgan fingerprint density at radius 1 is 1.05 bits per heavy atom. The van der Waals surface area contributed by atoms with Gasteiger partial charge in [0.2, 0.25) is 0 Å². The Bertz CT molecular complexity index is 558. The molecule has 4 heteroatoms. The second-order valence-corrected chi connectivity index (χ2v) is 4.87. The van der Waals surface area contributed by atoms with Crippen molar-refractivity contribution in [1.82, 2.24) is 0 Å². The summed E-state index contributed by atoms with van der Waals surface area (Å²) in [5.41, 5.74) is 13.8. The maximum Gasteiger partial charge on any atom is 0.161 e. The van der Waals surface area contributed by atoms with E-state index in [-0.39, 0.29) is 6.04 Å². The fourth-order valence-corrected chi connectivity index (χ4v) is 2.12. The second kappa shape index (κ2) is 7.67. The number of rotatable bonds is 7. The molecule has 0 amide bonds. The Morgan fingerprint density at radius 3 is 2.48 bits per heavy atom. The Kier molecular flexibility index (Phi) is 5.60. The molecule has 0 heterocycles. The van der Waals surface area contributed by atoms with Gasteiger partial charge in [0.25, 0.3) is 0 Å². The van der Waals surface area contributed by atoms with E-state index in [0.717, 1.165) is 17.5 Å². The zero-order chi connectivity index (χ0) is 15.1. The quantitative estimate of drug-likeness (QED) is 0.821. The summed E-state index contributed by atoms with van der Waals surface area (Å²) in [6.45, 7) is 1.06. The molecule has 0 aliphatic carbocycles. The van der Waals surface area contributed by atoms with Gasteiger partial charge in [-0.15, -0.1) is 0 Å². The van der Waals surface area contributed by atoms with Crippen molar-refractivity contribution in [3.8, 4) is 11.5 Å². The lowest BCUT2D eigenvalue weighted by Gasteiger charge is -2.15. The lowest BCUT2D eigenvalue weighted by Crippen LogP contribution is -2.15. The van der Waals surface area contributed by atoms with Crippen molar-refractivity contribution in [2.45, 2.75) is 19.1 Å². The SMILES string of the molecule is COc1ccc([C@H](N)CCN)cc1OCc1ccccc1. The summed E-state index contributed by atoms with van der Waals surface area (Å²) in [7, 11) is 1.63. The number of methoxy groups -OCH3 is 1. The van der Waals surface area contributed by atoms with Crippen LogP contribution in [0.5, 0.6) is 11.5 Å². The number of ether oxygens (including phenoxy) is 2. The minimum absolute atomic E-state index is 0.0834. The van der Waals surface area contributed by atoms with Crippen LogP contribution in [0.4, 0.5) is 0 Å². The molecule has 0 saturated carbocycles. The molecule has 4 N–H and O–H groups in total. The predicted octanol–water partition coefficient (Wildman–Crippen LogP) is 2.62. The zero-order valence-corrected chi connectivity index (χ0v) is 12.3. The van der Waals surface area contributed by atoms with Crippen molar-refractivity contribution in [2.24, 2.45) is 11.5 Å². The average Bonchev–Trinajstić information content (AvgIpc) is 2.54. The van der Waals surface area contributed by atoms with Gasteiger partial charge in [-0.3, -0.25) is 0 Å². The van der Waals surface area contributed by atoms with Crippen molar-refractivity contribution >= 4 is 0 Å². The maximum atomic E-state index is 6.10. The van der Waals surface area contributed by atoms with Crippen LogP contribution in [0.2, 0.25) is 0 Å². The van der Waals surface area contributed by atoms with Crippen molar-refractivity contribution in [1.29, 1.82) is 0 Å². The van der Waals surface area contributed by atoms with Crippen LogP contribution in [0.1, 0.15) is 23.6 Å². The van der Waals surface area contributed by atoms with E-state index in [2.05, 4.69) is 0 Å². The lowest BCUT2D eigenvalue weighted by atomic mass is 10.0. The normalized spacial score (nSPS) is 12.0. The van der Waals surface area contributed by atoms with Crippen LogP contribution in [-0.2, 0) is 6.61 Å². The third-order valence-corrected chi connectivity index (χ3v) is 3.33. The first-order valence-electron chi connectivity index (χ1n) is 7.05. The highest BCUT2D eigenvalue weighted by Crippen LogP contribution is 2.31. The molecular weight excluding hydrogens is 264 g/mol. The monoisotopic (exact) mass is 286 g/mol. The summed E-state index contributed by atoms with van der Waals surface area (Å²) < 4.78 is 11.2. The summed E-state index contributed by atoms with van der Waals surface area (Å²) in [5.74, 6) is 1.40. The van der Waals surface area contributed by atoms with Crippen molar-refractivity contribution in [2.75, 3.05) is 13.7 Å². The van der Waals surface area contributed by atoms with Gasteiger partial charge < -0.3 is 20.9 Å². The van der Waals surface area contributed by atoms with Gasteiger partial charge in [0.1, 0.15) is 6.61 Å². The maximum absolute atomic E-state index is 6.10. The van der Waals surface area contributed by atoms with E-state index in [0.29, 0.717) is 24.7 Å². The second-order valence-electron chi connectivity index (χ2n) is 4.87. The third-order valence-electron chi connectivity index (χ3n) is 3.33. The molecular formula is C17H22N2O2. The molecule has 0 aromatic heterocycles. The largest absolute Gasteiger partial charge is 0.493 e. The van der Waals surface area contributed by atoms with Crippen molar-refractivity contribution in [3.63, 3.8) is 0 Å². The highest BCUT2D eigenvalue weighted by Gasteiger charge is 2.11. The Hall–Kier alpha value is -2.04. The first-order valence-corrected chi connectivity index (χ1v) is 7.05. The van der Waals surface area contributed by atoms with E-state index in [9.17, 15) is 0 Å². The van der Waals surface area contributed by atoms with Crippen molar-refractivity contribution < 1.29 is 9.47 Å². The topological polar surface area (TPSA) is 70.5 Å². The number of benzene rings is 2. The van der Waals surface area contributed by atoms with Crippen LogP contribution >= 0.6 is 0 Å². The Morgan fingerprint density at radius 2 is 1.81 bits per heavy atom. The number of hydrogen-bond acceptors (Lipinski definition) is 4. The number of nitrogens with two attached hydrogens (primary N) is 2. The number of hydrogen-bond donors (Lipinski definition) is 2. The zero-order valence-electron chi connectivity index (χ0n) is 12.3. The van der Waals surface area contributed by atoms with E-state index in [1.54, 1.807) is 7.11 Å². The minimum atomic E-state index is -0.0834. The van der Waals surface area contributed by atoms with Crippen LogP contribution < -0.4 is 20.9 Å². The molecule has 2 aromatic carbocycles. The van der Waals surface area contributed by atoms with Crippen LogP contribution in [-0.4, -0.2) is 13.7 Å². The lowest BCUT2D eigenvalue weighted by molar-refractivity contribution is 0.284. The molecule has 0 spiro atoms. The van der Waals surface area contributed by atoms with Gasteiger partial charge in [-0.05, 0) is 36.2 Å². The van der Waals surface area contributed by atoms with Gasteiger partial charge >= 0.3 is 0 Å². The van der Waals surface area contributed by atoms with E-state index >= 15 is 0 Å². The fraction of sp³-hybridized carbons (Fsp3) is 0.294. The van der Waals surface area contributed by atoms with Crippen LogP contribution in [0, 0.1) is 0 Å². The van der Waals surface area contributed by atoms with E-state index in [4.69, 9.17) is 20.9 Å². The molecule has 0 aliphatic heterocycles. The average molecular weight is 286 g/mol. The molecule has 4 nitrogen and oxygen atoms in total. The van der Waals surface area contributed by atoms with Gasteiger partial charge in [-0.2, -0.15) is 0 Å². The Balaban J connectivity index is 2.14. The smallest absolute Gasteiger partial charge is 0.161 e. The molecule has 0 saturated heterocycles. The molecule has 21 heavy (non-hydrogen) atoms. The molecule has 2 rings (SSSR count). The molecule has 0 bridgehead atoms. The van der Waals surface area contributed by atoms with Crippen LogP contribution in [0.3, 0.4) is 0 Å². The Labute approximate surface area is 125 Å². The van der Waals surface area contributed by atoms with E-state index in [1.165, 1.54) is 0 Å². The first-order chi connectivity index (χ1) is 10.2. The van der Waals surface area contributed by atoms with Gasteiger partial charge in [0, 0.05) is 6.04 Å². The molecule has 112 valence electrons. The molecule has 0 unspecified atom stereocenters. The summed E-state index contributed by atoms with van der Waals surface area (Å²) in [6, 6.07) is 15.7. The highest BCUT2D eigenvalue weighted by atomic mass is 16.5. The van der Waals surface area contributed by atoms with Gasteiger partial charge in [-0.1, -0.05) is 36.4 Å². The fourth-order valence-electron chi connectivity index (χ4n) is 2.12. The molecule has 2 aromatic rings. The highest BCUT2D eigenvalue weighted by molar-refractivity contribution is 5.44. The van der Waals surface area contributed by atoms with Crippen molar-refractivity contribution in [3.05, 3.63) is 59.7 Å². The molecule has 1 atom stereocenters. The predicted molar refractivity (Wildman–Crippen MR) is 84.4 cm³/mol. The standard InChI is InChI=1S/C17H22N2O2/c1-20-16-8-7-14(15(19)9-10-18)11-17(16)21-12-13-5-3-2-4-6-13/h2-8,11,15H,9-10,12,18-19H2,1H3/t15-/m1/s1. The minimum Gasteiger partial charge on any atom is -0.493 e. The summed E-state index contributed by atoms with van der Waals surface area (Å²) >= 11 is 0. The molecule has 0 aliphatic rings. The molecule has 0 radical (unpaired) electrons. The van der Waals surface area contributed by atoms with Gasteiger partial charge in [0.05, 0.1) is 7.11 Å². The van der Waals surface area contributed by atoms with E-state index < -0.39 is 0 Å².